The highest BCUT2D eigenvalue weighted by atomic mass is 32.1. The zero-order chi connectivity index (χ0) is 24.1. The number of dihydropyridines is 1. The lowest BCUT2D eigenvalue weighted by Crippen LogP contribution is -2.33. The summed E-state index contributed by atoms with van der Waals surface area (Å²) in [4.78, 5) is 14.9. The van der Waals surface area contributed by atoms with E-state index < -0.39 is 0 Å². The van der Waals surface area contributed by atoms with Gasteiger partial charge in [-0.1, -0.05) is 38.3 Å². The first kappa shape index (κ1) is 24.6. The average molecular weight is 482 g/mol. The first-order valence-electron chi connectivity index (χ1n) is 12.5. The largest absolute Gasteiger partial charge is 0.364 e. The second-order valence-electron chi connectivity index (χ2n) is 9.44. The van der Waals surface area contributed by atoms with Crippen molar-refractivity contribution in [1.29, 1.82) is 0 Å². The van der Waals surface area contributed by atoms with Gasteiger partial charge in [-0.25, -0.2) is 14.4 Å². The Hall–Kier alpha value is -2.54. The molecule has 182 valence electrons. The average Bonchev–Trinajstić information content (AvgIpc) is 3.37. The Kier molecular flexibility index (Phi) is 8.14. The molecule has 1 aliphatic carbocycles. The van der Waals surface area contributed by atoms with E-state index in [0.717, 1.165) is 47.5 Å². The molecule has 3 atom stereocenters. The number of hydrogen-bond acceptors (Lipinski definition) is 6. The number of nitrogens with one attached hydrogen (secondary N) is 2. The molecule has 2 N–H and O–H groups in total. The zero-order valence-electron chi connectivity index (χ0n) is 20.7. The Bertz CT molecular complexity index is 1070. The lowest BCUT2D eigenvalue weighted by molar-refractivity contribution is 0.305. The van der Waals surface area contributed by atoms with Crippen LogP contribution in [0.4, 0.5) is 10.2 Å². The summed E-state index contributed by atoms with van der Waals surface area (Å²) in [5, 5.41) is 8.97. The lowest BCUT2D eigenvalue weighted by atomic mass is 9.82. The van der Waals surface area contributed by atoms with Crippen LogP contribution in [0.5, 0.6) is 0 Å². The molecule has 0 bridgehead atoms. The molecule has 0 radical (unpaired) electrons. The van der Waals surface area contributed by atoms with Crippen LogP contribution in [0.25, 0.3) is 16.1 Å². The van der Waals surface area contributed by atoms with Crippen molar-refractivity contribution in [1.82, 2.24) is 15.3 Å². The molecule has 7 heteroatoms. The summed E-state index contributed by atoms with van der Waals surface area (Å²) < 4.78 is 15.8. The molecule has 34 heavy (non-hydrogen) atoms. The van der Waals surface area contributed by atoms with Gasteiger partial charge in [-0.3, -0.25) is 4.99 Å². The fourth-order valence-corrected chi connectivity index (χ4v) is 5.60. The van der Waals surface area contributed by atoms with Gasteiger partial charge in [0.05, 0.1) is 16.5 Å². The Morgan fingerprint density at radius 2 is 2.09 bits per heavy atom. The molecule has 1 fully saturated rings. The molecule has 1 saturated carbocycles. The highest BCUT2D eigenvalue weighted by molar-refractivity contribution is 7.13. The van der Waals surface area contributed by atoms with Gasteiger partial charge < -0.3 is 10.6 Å². The molecule has 4 rings (SSSR count). The lowest BCUT2D eigenvalue weighted by Gasteiger charge is -2.32. The highest BCUT2D eigenvalue weighted by Gasteiger charge is 2.28. The van der Waals surface area contributed by atoms with Crippen molar-refractivity contribution in [3.63, 3.8) is 0 Å². The minimum Gasteiger partial charge on any atom is -0.364 e. The van der Waals surface area contributed by atoms with Gasteiger partial charge in [-0.05, 0) is 57.4 Å². The summed E-state index contributed by atoms with van der Waals surface area (Å²) in [7, 11) is 0. The monoisotopic (exact) mass is 481 g/mol. The van der Waals surface area contributed by atoms with Gasteiger partial charge in [-0.2, -0.15) is 0 Å². The maximum Gasteiger partial charge on any atom is 0.192 e. The predicted molar refractivity (Wildman–Crippen MR) is 142 cm³/mol. The number of aliphatic imine (C=N–C) groups is 1. The zero-order valence-corrected chi connectivity index (χ0v) is 21.5. The molecule has 5 nitrogen and oxygen atoms in total. The predicted octanol–water partition coefficient (Wildman–Crippen LogP) is 7.20. The molecular formula is C27H36FN5S. The van der Waals surface area contributed by atoms with Crippen molar-refractivity contribution in [3.05, 3.63) is 46.6 Å². The van der Waals surface area contributed by atoms with E-state index in [9.17, 15) is 0 Å². The van der Waals surface area contributed by atoms with Crippen LogP contribution in [0, 0.1) is 11.7 Å². The van der Waals surface area contributed by atoms with E-state index in [4.69, 9.17) is 9.97 Å². The van der Waals surface area contributed by atoms with Crippen molar-refractivity contribution in [2.75, 3.05) is 5.32 Å². The Morgan fingerprint density at radius 3 is 2.82 bits per heavy atom. The van der Waals surface area contributed by atoms with Crippen LogP contribution in [0.15, 0.2) is 40.0 Å². The number of thiophene rings is 1. The first-order valence-corrected chi connectivity index (χ1v) is 13.4. The van der Waals surface area contributed by atoms with Crippen LogP contribution in [-0.2, 0) is 0 Å². The topological polar surface area (TPSA) is 62.2 Å². The second-order valence-corrected chi connectivity index (χ2v) is 10.4. The van der Waals surface area contributed by atoms with E-state index >= 15 is 4.39 Å². The van der Waals surface area contributed by atoms with Gasteiger partial charge in [0.1, 0.15) is 5.69 Å². The molecule has 2 aliphatic rings. The summed E-state index contributed by atoms with van der Waals surface area (Å²) in [6, 6.07) is 4.25. The molecule has 1 aliphatic heterocycles. The summed E-state index contributed by atoms with van der Waals surface area (Å²) in [5.41, 5.74) is 3.26. The van der Waals surface area contributed by atoms with Crippen LogP contribution in [0.3, 0.4) is 0 Å². The third kappa shape index (κ3) is 5.57. The number of halogens is 1. The number of anilines is 1. The molecule has 2 aromatic heterocycles. The van der Waals surface area contributed by atoms with Crippen molar-refractivity contribution < 1.29 is 4.39 Å². The Labute approximate surface area is 206 Å². The maximum atomic E-state index is 15.8. The van der Waals surface area contributed by atoms with E-state index in [2.05, 4.69) is 29.5 Å². The molecule has 0 aromatic carbocycles. The Balaban J connectivity index is 1.79. The van der Waals surface area contributed by atoms with Crippen LogP contribution in [-0.4, -0.2) is 28.3 Å². The van der Waals surface area contributed by atoms with Crippen LogP contribution >= 0.6 is 11.3 Å². The fraction of sp³-hybridized carbons (Fsp3) is 0.519. The van der Waals surface area contributed by atoms with Crippen molar-refractivity contribution in [2.45, 2.75) is 84.7 Å². The van der Waals surface area contributed by atoms with E-state index in [1.54, 1.807) is 0 Å². The minimum absolute atomic E-state index is 0.169. The van der Waals surface area contributed by atoms with Gasteiger partial charge in [0.25, 0.3) is 0 Å². The molecule has 3 heterocycles. The van der Waals surface area contributed by atoms with Crippen molar-refractivity contribution in [3.8, 4) is 10.6 Å². The highest BCUT2D eigenvalue weighted by Crippen LogP contribution is 2.35. The number of nitrogens with zero attached hydrogens (tertiary/aromatic N) is 3. The SMILES string of the molecule is C/C=C(/C)NC1=C(c2nc(NC3CCCCC3CCC)c(F)c(-c3cccs3)n2)C=NC(C)C1. The van der Waals surface area contributed by atoms with E-state index in [1.165, 1.54) is 30.6 Å². The molecule has 0 spiro atoms. The van der Waals surface area contributed by atoms with Gasteiger partial charge >= 0.3 is 0 Å². The number of hydrogen-bond donors (Lipinski definition) is 2. The standard InChI is InChI=1S/C27H36FN5S/c1-5-10-19-11-7-8-12-21(19)31-27-24(28)25(23-13-9-14-34-23)32-26(33-27)20-16-29-18(4)15-22(20)30-17(3)6-2/h6,9,13-14,16,18-19,21,30H,5,7-8,10-12,15H2,1-4H3,(H,31,32,33)/b17-6-. The van der Waals surface area contributed by atoms with Crippen LogP contribution < -0.4 is 10.6 Å². The van der Waals surface area contributed by atoms with Gasteiger partial charge in [-0.15, -0.1) is 11.3 Å². The second kappa shape index (κ2) is 11.3. The van der Waals surface area contributed by atoms with E-state index in [1.807, 2.05) is 43.7 Å². The molecular weight excluding hydrogens is 445 g/mol. The Morgan fingerprint density at radius 1 is 1.26 bits per heavy atom. The van der Waals surface area contributed by atoms with Gasteiger partial charge in [0.2, 0.25) is 0 Å². The normalized spacial score (nSPS) is 23.3. The third-order valence-electron chi connectivity index (χ3n) is 6.80. The summed E-state index contributed by atoms with van der Waals surface area (Å²) in [5.74, 6) is 1.00. The van der Waals surface area contributed by atoms with Crippen molar-refractivity contribution in [2.24, 2.45) is 10.9 Å². The van der Waals surface area contributed by atoms with Crippen LogP contribution in [0.2, 0.25) is 0 Å². The number of aromatic nitrogens is 2. The van der Waals surface area contributed by atoms with Gasteiger partial charge in [0.15, 0.2) is 17.5 Å². The molecule has 0 amide bonds. The van der Waals surface area contributed by atoms with E-state index in [0.29, 0.717) is 23.3 Å². The maximum absolute atomic E-state index is 15.8. The quantitative estimate of drug-likeness (QED) is 0.418. The first-order chi connectivity index (χ1) is 16.5. The summed E-state index contributed by atoms with van der Waals surface area (Å²) in [6.07, 6.45) is 11.6. The smallest absolute Gasteiger partial charge is 0.192 e. The van der Waals surface area contributed by atoms with E-state index in [-0.39, 0.29) is 17.9 Å². The molecule has 2 aromatic rings. The molecule has 3 unspecified atom stereocenters. The van der Waals surface area contributed by atoms with Gasteiger partial charge in [0, 0.05) is 30.1 Å². The number of rotatable bonds is 8. The third-order valence-corrected chi connectivity index (χ3v) is 7.68. The summed E-state index contributed by atoms with van der Waals surface area (Å²) >= 11 is 1.49. The minimum atomic E-state index is -0.368. The fourth-order valence-electron chi connectivity index (χ4n) is 4.89. The summed E-state index contributed by atoms with van der Waals surface area (Å²) in [6.45, 7) is 8.35. The van der Waals surface area contributed by atoms with Crippen molar-refractivity contribution >= 4 is 28.9 Å². The van der Waals surface area contributed by atoms with Crippen LogP contribution in [0.1, 0.15) is 78.5 Å². The molecule has 0 saturated heterocycles. The number of allylic oxidation sites excluding steroid dienone is 3.